The topological polar surface area (TPSA) is 58.1 Å². The molecule has 0 aromatic carbocycles. The third-order valence-electron chi connectivity index (χ3n) is 4.52. The smallest absolute Gasteiger partial charge is 0.274 e. The molecule has 3 rings (SSSR count). The second kappa shape index (κ2) is 4.89. The number of hydrogen-bond acceptors (Lipinski definition) is 4. The number of nitrogens with zero attached hydrogens (tertiary/aromatic N) is 3. The fraction of sp³-hybridized carbons (Fsp3) is 0.643. The molecule has 3 heterocycles. The summed E-state index contributed by atoms with van der Waals surface area (Å²) in [6.07, 6.45) is 9.13. The van der Waals surface area contributed by atoms with E-state index in [1.54, 1.807) is 18.6 Å². The van der Waals surface area contributed by atoms with Gasteiger partial charge in [0.2, 0.25) is 0 Å². The molecule has 0 radical (unpaired) electrons. The van der Waals surface area contributed by atoms with Crippen molar-refractivity contribution in [2.75, 3.05) is 13.1 Å². The van der Waals surface area contributed by atoms with Gasteiger partial charge in [-0.05, 0) is 39.2 Å². The van der Waals surface area contributed by atoms with Gasteiger partial charge in [0.15, 0.2) is 0 Å². The van der Waals surface area contributed by atoms with Crippen molar-refractivity contribution >= 4 is 5.91 Å². The molecule has 1 N–H and O–H groups in total. The highest BCUT2D eigenvalue weighted by Crippen LogP contribution is 2.35. The first-order chi connectivity index (χ1) is 9.22. The zero-order chi connectivity index (χ0) is 13.3. The molecule has 2 aliphatic heterocycles. The number of fused-ring (bicyclic) bond motifs is 1. The lowest BCUT2D eigenvalue weighted by Crippen LogP contribution is -2.66. The molecule has 0 bridgehead atoms. The minimum Gasteiger partial charge on any atom is -0.330 e. The summed E-state index contributed by atoms with van der Waals surface area (Å²) in [5.41, 5.74) is 0.375. The van der Waals surface area contributed by atoms with Crippen LogP contribution in [0.15, 0.2) is 18.6 Å². The van der Waals surface area contributed by atoms with Gasteiger partial charge in [0.25, 0.3) is 5.91 Å². The van der Waals surface area contributed by atoms with E-state index in [9.17, 15) is 4.79 Å². The number of aromatic nitrogens is 2. The van der Waals surface area contributed by atoms with Crippen molar-refractivity contribution < 1.29 is 4.79 Å². The SMILES string of the molecule is C[C@]12CCCN[C@@H]1CCCN2C(=O)c1cnccn1. The van der Waals surface area contributed by atoms with E-state index in [2.05, 4.69) is 22.2 Å². The maximum absolute atomic E-state index is 12.7. The normalized spacial score (nSPS) is 30.8. The number of carbonyl (C=O) groups is 1. The summed E-state index contributed by atoms with van der Waals surface area (Å²) in [6.45, 7) is 4.09. The molecule has 2 fully saturated rings. The average Bonchev–Trinajstić information content (AvgIpc) is 2.46. The molecule has 5 heteroatoms. The minimum absolute atomic E-state index is 0.0176. The Morgan fingerprint density at radius 3 is 3.16 bits per heavy atom. The zero-order valence-electron chi connectivity index (χ0n) is 11.3. The Balaban J connectivity index is 1.88. The van der Waals surface area contributed by atoms with Crippen LogP contribution in [0.2, 0.25) is 0 Å². The van der Waals surface area contributed by atoms with Crippen LogP contribution in [0.3, 0.4) is 0 Å². The van der Waals surface area contributed by atoms with E-state index in [0.717, 1.165) is 38.8 Å². The third-order valence-corrected chi connectivity index (χ3v) is 4.52. The van der Waals surface area contributed by atoms with Crippen molar-refractivity contribution in [3.05, 3.63) is 24.3 Å². The van der Waals surface area contributed by atoms with Crippen LogP contribution in [0, 0.1) is 0 Å². The fourth-order valence-electron chi connectivity index (χ4n) is 3.44. The summed E-state index contributed by atoms with van der Waals surface area (Å²) in [5.74, 6) is 0.0176. The molecule has 0 saturated carbocycles. The number of nitrogens with one attached hydrogen (secondary N) is 1. The molecule has 1 aromatic rings. The molecule has 1 amide bonds. The van der Waals surface area contributed by atoms with Crippen LogP contribution in [-0.4, -0.2) is 45.4 Å². The van der Waals surface area contributed by atoms with Gasteiger partial charge in [0, 0.05) is 25.0 Å². The van der Waals surface area contributed by atoms with E-state index >= 15 is 0 Å². The van der Waals surface area contributed by atoms with E-state index in [0.29, 0.717) is 11.7 Å². The van der Waals surface area contributed by atoms with Crippen molar-refractivity contribution in [3.63, 3.8) is 0 Å². The molecule has 2 atom stereocenters. The van der Waals surface area contributed by atoms with Gasteiger partial charge in [-0.2, -0.15) is 0 Å². The highest BCUT2D eigenvalue weighted by atomic mass is 16.2. The summed E-state index contributed by atoms with van der Waals surface area (Å²) in [5, 5.41) is 3.57. The van der Waals surface area contributed by atoms with Gasteiger partial charge >= 0.3 is 0 Å². The van der Waals surface area contributed by atoms with Crippen LogP contribution < -0.4 is 5.32 Å². The molecular formula is C14H20N4O. The average molecular weight is 260 g/mol. The lowest BCUT2D eigenvalue weighted by atomic mass is 9.77. The van der Waals surface area contributed by atoms with Crippen LogP contribution in [0.5, 0.6) is 0 Å². The van der Waals surface area contributed by atoms with Crippen molar-refractivity contribution in [2.45, 2.75) is 44.2 Å². The summed E-state index contributed by atoms with van der Waals surface area (Å²) in [4.78, 5) is 22.8. The third kappa shape index (κ3) is 2.12. The Hall–Kier alpha value is -1.49. The number of hydrogen-bond donors (Lipinski definition) is 1. The lowest BCUT2D eigenvalue weighted by molar-refractivity contribution is 0.00830. The molecule has 5 nitrogen and oxygen atoms in total. The summed E-state index contributed by atoms with van der Waals surface area (Å²) in [6, 6.07) is 0.413. The molecule has 2 saturated heterocycles. The first-order valence-corrected chi connectivity index (χ1v) is 7.03. The largest absolute Gasteiger partial charge is 0.330 e. The number of piperidine rings is 2. The van der Waals surface area contributed by atoms with Crippen LogP contribution >= 0.6 is 0 Å². The van der Waals surface area contributed by atoms with Crippen LogP contribution in [0.4, 0.5) is 0 Å². The van der Waals surface area contributed by atoms with Crippen LogP contribution in [0.1, 0.15) is 43.1 Å². The minimum atomic E-state index is -0.0783. The van der Waals surface area contributed by atoms with Crippen molar-refractivity contribution in [3.8, 4) is 0 Å². The lowest BCUT2D eigenvalue weighted by Gasteiger charge is -2.52. The molecule has 2 aliphatic rings. The Kier molecular flexibility index (Phi) is 3.22. The maximum atomic E-state index is 12.7. The van der Waals surface area contributed by atoms with Gasteiger partial charge in [0.1, 0.15) is 5.69 Å². The van der Waals surface area contributed by atoms with E-state index in [-0.39, 0.29) is 11.4 Å². The molecule has 1 aromatic heterocycles. The van der Waals surface area contributed by atoms with Crippen molar-refractivity contribution in [2.24, 2.45) is 0 Å². The van der Waals surface area contributed by atoms with Gasteiger partial charge in [0.05, 0.1) is 11.7 Å². The number of likely N-dealkylation sites (tertiary alicyclic amines) is 1. The number of rotatable bonds is 1. The summed E-state index contributed by atoms with van der Waals surface area (Å²) in [7, 11) is 0. The van der Waals surface area contributed by atoms with E-state index < -0.39 is 0 Å². The molecule has 102 valence electrons. The van der Waals surface area contributed by atoms with E-state index in [1.807, 2.05) is 4.90 Å². The van der Waals surface area contributed by atoms with E-state index in [4.69, 9.17) is 0 Å². The Morgan fingerprint density at radius 2 is 2.37 bits per heavy atom. The van der Waals surface area contributed by atoms with Gasteiger partial charge in [-0.25, -0.2) is 4.98 Å². The van der Waals surface area contributed by atoms with Gasteiger partial charge in [-0.15, -0.1) is 0 Å². The van der Waals surface area contributed by atoms with Gasteiger partial charge in [-0.3, -0.25) is 9.78 Å². The first kappa shape index (κ1) is 12.5. The fourth-order valence-corrected chi connectivity index (χ4v) is 3.44. The summed E-state index contributed by atoms with van der Waals surface area (Å²) >= 11 is 0. The highest BCUT2D eigenvalue weighted by molar-refractivity contribution is 5.92. The quantitative estimate of drug-likeness (QED) is 0.825. The predicted molar refractivity (Wildman–Crippen MR) is 71.7 cm³/mol. The predicted octanol–water partition coefficient (Wildman–Crippen LogP) is 1.22. The second-order valence-corrected chi connectivity index (χ2v) is 5.66. The molecule has 19 heavy (non-hydrogen) atoms. The number of carbonyl (C=O) groups excluding carboxylic acids is 1. The molecule has 0 aliphatic carbocycles. The molecule has 0 spiro atoms. The monoisotopic (exact) mass is 260 g/mol. The van der Waals surface area contributed by atoms with Gasteiger partial charge < -0.3 is 10.2 Å². The Labute approximate surface area is 113 Å². The number of amides is 1. The van der Waals surface area contributed by atoms with Crippen molar-refractivity contribution in [1.29, 1.82) is 0 Å². The summed E-state index contributed by atoms with van der Waals surface area (Å²) < 4.78 is 0. The maximum Gasteiger partial charge on any atom is 0.274 e. The zero-order valence-corrected chi connectivity index (χ0v) is 11.3. The molecular weight excluding hydrogens is 240 g/mol. The highest BCUT2D eigenvalue weighted by Gasteiger charge is 2.46. The van der Waals surface area contributed by atoms with E-state index in [1.165, 1.54) is 0 Å². The van der Waals surface area contributed by atoms with Gasteiger partial charge in [-0.1, -0.05) is 0 Å². The standard InChI is InChI=1S/C14H20N4O/c1-14-5-3-6-17-12(14)4-2-9-18(14)13(19)11-10-15-7-8-16-11/h7-8,10,12,17H,2-6,9H2,1H3/t12-,14+/m1/s1. The van der Waals surface area contributed by atoms with Crippen LogP contribution in [-0.2, 0) is 0 Å². The van der Waals surface area contributed by atoms with Crippen LogP contribution in [0.25, 0.3) is 0 Å². The first-order valence-electron chi connectivity index (χ1n) is 7.03. The second-order valence-electron chi connectivity index (χ2n) is 5.66. The Morgan fingerprint density at radius 1 is 1.47 bits per heavy atom. The Bertz CT molecular complexity index is 462. The van der Waals surface area contributed by atoms with Crippen molar-refractivity contribution in [1.82, 2.24) is 20.2 Å². The molecule has 0 unspecified atom stereocenters.